The average molecular weight is 410 g/mol. The SMILES string of the molecule is N#CCc1ccc(NC(=O)N2CCOc3ccc(Oc4ccc(C#N)cc4)cc32)cc1. The van der Waals surface area contributed by atoms with Crippen LogP contribution in [0.25, 0.3) is 0 Å². The molecule has 2 amide bonds. The first-order valence-corrected chi connectivity index (χ1v) is 9.65. The summed E-state index contributed by atoms with van der Waals surface area (Å²) >= 11 is 0. The van der Waals surface area contributed by atoms with E-state index in [-0.39, 0.29) is 6.03 Å². The summed E-state index contributed by atoms with van der Waals surface area (Å²) in [5.41, 5.74) is 2.69. The van der Waals surface area contributed by atoms with Crippen molar-refractivity contribution in [2.24, 2.45) is 0 Å². The van der Waals surface area contributed by atoms with Gasteiger partial charge in [-0.3, -0.25) is 4.90 Å². The Morgan fingerprint density at radius 1 is 1.03 bits per heavy atom. The maximum Gasteiger partial charge on any atom is 0.326 e. The first-order valence-electron chi connectivity index (χ1n) is 9.65. The first kappa shape index (κ1) is 19.8. The maximum absolute atomic E-state index is 12.9. The minimum absolute atomic E-state index is 0.284. The zero-order chi connectivity index (χ0) is 21.6. The molecule has 1 aliphatic rings. The quantitative estimate of drug-likeness (QED) is 0.663. The van der Waals surface area contributed by atoms with Gasteiger partial charge in [-0.1, -0.05) is 12.1 Å². The number of hydrogen-bond donors (Lipinski definition) is 1. The lowest BCUT2D eigenvalue weighted by Crippen LogP contribution is -2.40. The third-order valence-corrected chi connectivity index (χ3v) is 4.75. The fourth-order valence-electron chi connectivity index (χ4n) is 3.19. The second-order valence-electron chi connectivity index (χ2n) is 6.83. The molecule has 0 saturated heterocycles. The summed E-state index contributed by atoms with van der Waals surface area (Å²) in [4.78, 5) is 14.5. The number of urea groups is 1. The minimum Gasteiger partial charge on any atom is -0.490 e. The van der Waals surface area contributed by atoms with Crippen LogP contribution in [0.2, 0.25) is 0 Å². The minimum atomic E-state index is -0.284. The Balaban J connectivity index is 1.51. The van der Waals surface area contributed by atoms with Crippen molar-refractivity contribution in [1.29, 1.82) is 10.5 Å². The van der Waals surface area contributed by atoms with Crippen LogP contribution in [0, 0.1) is 22.7 Å². The zero-order valence-corrected chi connectivity index (χ0v) is 16.5. The molecule has 0 aromatic heterocycles. The van der Waals surface area contributed by atoms with Gasteiger partial charge in [0, 0.05) is 11.8 Å². The summed E-state index contributed by atoms with van der Waals surface area (Å²) in [7, 11) is 0. The van der Waals surface area contributed by atoms with Crippen LogP contribution in [-0.2, 0) is 6.42 Å². The van der Waals surface area contributed by atoms with Crippen LogP contribution in [0.5, 0.6) is 17.2 Å². The third kappa shape index (κ3) is 4.58. The van der Waals surface area contributed by atoms with Crippen LogP contribution in [-0.4, -0.2) is 19.2 Å². The number of nitriles is 2. The number of carbonyl (C=O) groups excluding carboxylic acids is 1. The third-order valence-electron chi connectivity index (χ3n) is 4.75. The Bertz CT molecular complexity index is 1180. The molecule has 1 heterocycles. The number of rotatable bonds is 4. The lowest BCUT2D eigenvalue weighted by Gasteiger charge is -2.30. The summed E-state index contributed by atoms with van der Waals surface area (Å²) < 4.78 is 11.6. The van der Waals surface area contributed by atoms with E-state index in [4.69, 9.17) is 20.0 Å². The molecule has 0 fully saturated rings. The van der Waals surface area contributed by atoms with Gasteiger partial charge in [0.25, 0.3) is 0 Å². The molecule has 0 unspecified atom stereocenters. The summed E-state index contributed by atoms with van der Waals surface area (Å²) in [6.07, 6.45) is 0.326. The summed E-state index contributed by atoms with van der Waals surface area (Å²) in [5, 5.41) is 20.6. The van der Waals surface area contributed by atoms with Crippen LogP contribution < -0.4 is 19.7 Å². The number of carbonyl (C=O) groups is 1. The molecule has 0 saturated carbocycles. The van der Waals surface area contributed by atoms with Crippen molar-refractivity contribution in [2.45, 2.75) is 6.42 Å². The van der Waals surface area contributed by atoms with E-state index >= 15 is 0 Å². The Morgan fingerprint density at radius 2 is 1.77 bits per heavy atom. The lowest BCUT2D eigenvalue weighted by atomic mass is 10.1. The molecule has 0 radical (unpaired) electrons. The van der Waals surface area contributed by atoms with Crippen molar-refractivity contribution in [1.82, 2.24) is 0 Å². The van der Waals surface area contributed by atoms with Gasteiger partial charge >= 0.3 is 6.03 Å². The van der Waals surface area contributed by atoms with Crippen molar-refractivity contribution >= 4 is 17.4 Å². The van der Waals surface area contributed by atoms with E-state index in [1.165, 1.54) is 0 Å². The van der Waals surface area contributed by atoms with Gasteiger partial charge < -0.3 is 14.8 Å². The fraction of sp³-hybridized carbons (Fsp3) is 0.125. The van der Waals surface area contributed by atoms with Crippen LogP contribution in [0.1, 0.15) is 11.1 Å². The van der Waals surface area contributed by atoms with E-state index in [0.717, 1.165) is 5.56 Å². The van der Waals surface area contributed by atoms with Crippen molar-refractivity contribution in [3.63, 3.8) is 0 Å². The van der Waals surface area contributed by atoms with Crippen molar-refractivity contribution in [2.75, 3.05) is 23.4 Å². The van der Waals surface area contributed by atoms with Gasteiger partial charge in [-0.05, 0) is 54.1 Å². The monoisotopic (exact) mass is 410 g/mol. The smallest absolute Gasteiger partial charge is 0.326 e. The van der Waals surface area contributed by atoms with Crippen molar-refractivity contribution in [3.05, 3.63) is 77.9 Å². The highest BCUT2D eigenvalue weighted by atomic mass is 16.5. The largest absolute Gasteiger partial charge is 0.490 e. The van der Waals surface area contributed by atoms with Crippen LogP contribution in [0.3, 0.4) is 0 Å². The van der Waals surface area contributed by atoms with Gasteiger partial charge in [0.15, 0.2) is 0 Å². The number of hydrogen-bond acceptors (Lipinski definition) is 5. The Kier molecular flexibility index (Phi) is 5.68. The molecule has 3 aromatic carbocycles. The molecule has 4 rings (SSSR count). The Hall–Kier alpha value is -4.49. The molecule has 0 bridgehead atoms. The van der Waals surface area contributed by atoms with E-state index in [9.17, 15) is 4.79 Å². The maximum atomic E-state index is 12.9. The highest BCUT2D eigenvalue weighted by Gasteiger charge is 2.24. The van der Waals surface area contributed by atoms with Crippen LogP contribution in [0.4, 0.5) is 16.2 Å². The van der Waals surface area contributed by atoms with Crippen molar-refractivity contribution in [3.8, 4) is 29.4 Å². The lowest BCUT2D eigenvalue weighted by molar-refractivity contribution is 0.250. The van der Waals surface area contributed by atoms with E-state index in [2.05, 4.69) is 17.5 Å². The van der Waals surface area contributed by atoms with Gasteiger partial charge in [0.1, 0.15) is 23.9 Å². The number of anilines is 2. The second-order valence-corrected chi connectivity index (χ2v) is 6.83. The number of amides is 2. The molecule has 152 valence electrons. The summed E-state index contributed by atoms with van der Waals surface area (Å²) in [6, 6.07) is 23.1. The molecular formula is C24H18N4O3. The van der Waals surface area contributed by atoms with E-state index in [1.54, 1.807) is 59.5 Å². The van der Waals surface area contributed by atoms with Gasteiger partial charge in [-0.25, -0.2) is 4.79 Å². The number of ether oxygens (including phenoxy) is 2. The standard InChI is InChI=1S/C24H18N4O3/c25-12-11-17-1-5-19(6-2-17)27-24(29)28-13-14-30-23-10-9-21(15-22(23)28)31-20-7-3-18(16-26)4-8-20/h1-10,15H,11,13-14H2,(H,27,29). The molecular weight excluding hydrogens is 392 g/mol. The average Bonchev–Trinajstić information content (AvgIpc) is 2.80. The predicted molar refractivity (Wildman–Crippen MR) is 115 cm³/mol. The highest BCUT2D eigenvalue weighted by Crippen LogP contribution is 2.36. The molecule has 0 aliphatic carbocycles. The summed E-state index contributed by atoms with van der Waals surface area (Å²) in [5.74, 6) is 1.73. The Labute approximate surface area is 179 Å². The molecule has 0 atom stereocenters. The zero-order valence-electron chi connectivity index (χ0n) is 16.5. The van der Waals surface area contributed by atoms with Gasteiger partial charge in [-0.15, -0.1) is 0 Å². The summed E-state index contributed by atoms with van der Waals surface area (Å²) in [6.45, 7) is 0.781. The Morgan fingerprint density at radius 3 is 2.48 bits per heavy atom. The molecule has 1 aliphatic heterocycles. The second kappa shape index (κ2) is 8.89. The highest BCUT2D eigenvalue weighted by molar-refractivity contribution is 6.03. The van der Waals surface area contributed by atoms with E-state index in [0.29, 0.717) is 53.8 Å². The molecule has 31 heavy (non-hydrogen) atoms. The molecule has 7 heteroatoms. The topological polar surface area (TPSA) is 98.4 Å². The fourth-order valence-corrected chi connectivity index (χ4v) is 3.19. The van der Waals surface area contributed by atoms with Crippen LogP contribution in [0.15, 0.2) is 66.7 Å². The van der Waals surface area contributed by atoms with Crippen LogP contribution >= 0.6 is 0 Å². The number of fused-ring (bicyclic) bond motifs is 1. The van der Waals surface area contributed by atoms with E-state index in [1.807, 2.05) is 12.1 Å². The normalized spacial score (nSPS) is 12.0. The van der Waals surface area contributed by atoms with E-state index < -0.39 is 0 Å². The molecule has 1 N–H and O–H groups in total. The molecule has 0 spiro atoms. The molecule has 3 aromatic rings. The number of nitrogens with one attached hydrogen (secondary N) is 1. The number of benzene rings is 3. The number of nitrogens with zero attached hydrogens (tertiary/aromatic N) is 3. The van der Waals surface area contributed by atoms with Gasteiger partial charge in [0.05, 0.1) is 36.4 Å². The molecule has 7 nitrogen and oxygen atoms in total. The first-order chi connectivity index (χ1) is 15.2. The van der Waals surface area contributed by atoms with Gasteiger partial charge in [-0.2, -0.15) is 10.5 Å². The predicted octanol–water partition coefficient (Wildman–Crippen LogP) is 4.85. The van der Waals surface area contributed by atoms with Crippen molar-refractivity contribution < 1.29 is 14.3 Å². The van der Waals surface area contributed by atoms with Gasteiger partial charge in [0.2, 0.25) is 0 Å².